The first-order valence-electron chi connectivity index (χ1n) is 11.7. The molecule has 34 heavy (non-hydrogen) atoms. The topological polar surface area (TPSA) is 86.0 Å². The fourth-order valence-corrected chi connectivity index (χ4v) is 4.14. The third kappa shape index (κ3) is 6.57. The summed E-state index contributed by atoms with van der Waals surface area (Å²) in [5.74, 6) is 2.25. The minimum Gasteiger partial charge on any atom is -0.490 e. The van der Waals surface area contributed by atoms with Crippen molar-refractivity contribution in [3.05, 3.63) is 94.0 Å². The molecule has 7 nitrogen and oxygen atoms in total. The van der Waals surface area contributed by atoms with Crippen molar-refractivity contribution in [2.45, 2.75) is 38.0 Å². The average molecular weight is 460 g/mol. The molecule has 0 bridgehead atoms. The van der Waals surface area contributed by atoms with E-state index in [1.54, 1.807) is 18.3 Å². The molecule has 0 saturated heterocycles. The zero-order valence-electron chi connectivity index (χ0n) is 19.1. The van der Waals surface area contributed by atoms with Crippen LogP contribution in [0.2, 0.25) is 0 Å². The number of nitrogens with zero attached hydrogens (tertiary/aromatic N) is 2. The highest BCUT2D eigenvalue weighted by Gasteiger charge is 2.15. The summed E-state index contributed by atoms with van der Waals surface area (Å²) in [6, 6.07) is 22.2. The van der Waals surface area contributed by atoms with Gasteiger partial charge >= 0.3 is 0 Å². The Balaban J connectivity index is 1.24. The van der Waals surface area contributed by atoms with Crippen LogP contribution in [0.15, 0.2) is 77.9 Å². The lowest BCUT2D eigenvalue weighted by Gasteiger charge is -2.22. The lowest BCUT2D eigenvalue weighted by atomic mass is 9.84. The predicted molar refractivity (Wildman–Crippen MR) is 134 cm³/mol. The lowest BCUT2D eigenvalue weighted by Crippen LogP contribution is -2.10. The van der Waals surface area contributed by atoms with Crippen LogP contribution in [0, 0.1) is 10.1 Å². The Morgan fingerprint density at radius 1 is 0.912 bits per heavy atom. The van der Waals surface area contributed by atoms with Crippen molar-refractivity contribution in [1.29, 1.82) is 0 Å². The van der Waals surface area contributed by atoms with Crippen molar-refractivity contribution < 1.29 is 14.4 Å². The molecule has 1 fully saturated rings. The van der Waals surface area contributed by atoms with Gasteiger partial charge in [0.05, 0.1) is 16.8 Å². The highest BCUT2D eigenvalue weighted by atomic mass is 16.6. The van der Waals surface area contributed by atoms with E-state index in [0.717, 1.165) is 11.3 Å². The molecule has 1 aliphatic carbocycles. The van der Waals surface area contributed by atoms with E-state index in [1.165, 1.54) is 49.8 Å². The van der Waals surface area contributed by atoms with Crippen LogP contribution in [0.5, 0.6) is 11.5 Å². The maximum absolute atomic E-state index is 10.7. The third-order valence-corrected chi connectivity index (χ3v) is 5.96. The Morgan fingerprint density at radius 2 is 1.62 bits per heavy atom. The Hall–Kier alpha value is -3.87. The van der Waals surface area contributed by atoms with Crippen molar-refractivity contribution in [2.24, 2.45) is 5.10 Å². The number of nitro groups is 1. The summed E-state index contributed by atoms with van der Waals surface area (Å²) < 4.78 is 11.8. The van der Waals surface area contributed by atoms with Gasteiger partial charge in [0.2, 0.25) is 0 Å². The van der Waals surface area contributed by atoms with Gasteiger partial charge in [0.15, 0.2) is 0 Å². The van der Waals surface area contributed by atoms with E-state index in [-0.39, 0.29) is 5.69 Å². The molecule has 0 aliphatic heterocycles. The Bertz CT molecular complexity index is 1090. The summed E-state index contributed by atoms with van der Waals surface area (Å²) in [6.45, 7) is 0.848. The number of anilines is 1. The fourth-order valence-electron chi connectivity index (χ4n) is 4.14. The predicted octanol–water partition coefficient (Wildman–Crippen LogP) is 6.55. The van der Waals surface area contributed by atoms with E-state index in [4.69, 9.17) is 9.47 Å². The molecule has 0 spiro atoms. The Morgan fingerprint density at radius 3 is 2.35 bits per heavy atom. The minimum absolute atomic E-state index is 0.0376. The SMILES string of the molecule is O=[N+]([O-])c1ccc(N/N=C\c2ccccc2OCCOc2ccc(C3CCCCC3)cc2)cc1. The summed E-state index contributed by atoms with van der Waals surface area (Å²) in [7, 11) is 0. The molecule has 0 unspecified atom stereocenters. The molecule has 3 aromatic rings. The molecule has 0 aromatic heterocycles. The third-order valence-electron chi connectivity index (χ3n) is 5.96. The molecule has 1 N–H and O–H groups in total. The van der Waals surface area contributed by atoms with Gasteiger partial charge in [0.25, 0.3) is 5.69 Å². The van der Waals surface area contributed by atoms with Crippen LogP contribution in [0.3, 0.4) is 0 Å². The van der Waals surface area contributed by atoms with E-state index >= 15 is 0 Å². The maximum Gasteiger partial charge on any atom is 0.269 e. The second kappa shape index (κ2) is 11.8. The molecule has 0 radical (unpaired) electrons. The van der Waals surface area contributed by atoms with Crippen molar-refractivity contribution in [2.75, 3.05) is 18.6 Å². The molecule has 1 saturated carbocycles. The number of nitro benzene ring substituents is 1. The number of nitrogens with one attached hydrogen (secondary N) is 1. The van der Waals surface area contributed by atoms with Crippen LogP contribution in [-0.4, -0.2) is 24.4 Å². The van der Waals surface area contributed by atoms with E-state index in [0.29, 0.717) is 30.6 Å². The second-order valence-corrected chi connectivity index (χ2v) is 8.31. The van der Waals surface area contributed by atoms with Gasteiger partial charge in [-0.25, -0.2) is 0 Å². The smallest absolute Gasteiger partial charge is 0.269 e. The van der Waals surface area contributed by atoms with Crippen molar-refractivity contribution in [1.82, 2.24) is 0 Å². The van der Waals surface area contributed by atoms with Crippen molar-refractivity contribution >= 4 is 17.6 Å². The van der Waals surface area contributed by atoms with Gasteiger partial charge in [0, 0.05) is 17.7 Å². The van der Waals surface area contributed by atoms with Crippen LogP contribution in [0.1, 0.15) is 49.1 Å². The molecule has 1 aliphatic rings. The second-order valence-electron chi connectivity index (χ2n) is 8.31. The minimum atomic E-state index is -0.434. The molecule has 0 amide bonds. The molecule has 4 rings (SSSR count). The average Bonchev–Trinajstić information content (AvgIpc) is 2.88. The number of benzene rings is 3. The standard InChI is InChI=1S/C27H29N3O4/c31-30(32)25-14-12-24(13-15-25)29-28-20-23-8-4-5-9-27(23)34-19-18-33-26-16-10-22(11-17-26)21-6-2-1-3-7-21/h4-5,8-17,20-21,29H,1-3,6-7,18-19H2/b28-20-. The zero-order valence-corrected chi connectivity index (χ0v) is 19.1. The first-order valence-corrected chi connectivity index (χ1v) is 11.7. The van der Waals surface area contributed by atoms with Crippen LogP contribution < -0.4 is 14.9 Å². The molecule has 176 valence electrons. The molecule has 0 heterocycles. The zero-order chi connectivity index (χ0) is 23.6. The van der Waals surface area contributed by atoms with Gasteiger partial charge < -0.3 is 9.47 Å². The largest absolute Gasteiger partial charge is 0.490 e. The Labute approximate surface area is 199 Å². The van der Waals surface area contributed by atoms with Gasteiger partial charge in [0.1, 0.15) is 24.7 Å². The summed E-state index contributed by atoms with van der Waals surface area (Å²) in [4.78, 5) is 10.3. The molecular formula is C27H29N3O4. The van der Waals surface area contributed by atoms with Gasteiger partial charge in [-0.15, -0.1) is 0 Å². The highest BCUT2D eigenvalue weighted by Crippen LogP contribution is 2.33. The van der Waals surface area contributed by atoms with Gasteiger partial charge in [-0.05, 0) is 60.7 Å². The van der Waals surface area contributed by atoms with Crippen molar-refractivity contribution in [3.63, 3.8) is 0 Å². The fraction of sp³-hybridized carbons (Fsp3) is 0.296. The summed E-state index contributed by atoms with van der Waals surface area (Å²) in [5, 5.41) is 15.0. The van der Waals surface area contributed by atoms with Gasteiger partial charge in [-0.1, -0.05) is 43.5 Å². The molecule has 3 aromatic carbocycles. The van der Waals surface area contributed by atoms with E-state index in [2.05, 4.69) is 34.8 Å². The first kappa shape index (κ1) is 23.3. The number of para-hydroxylation sites is 1. The first-order chi connectivity index (χ1) is 16.7. The van der Waals surface area contributed by atoms with E-state index in [1.807, 2.05) is 24.3 Å². The van der Waals surface area contributed by atoms with E-state index < -0.39 is 4.92 Å². The number of hydrazone groups is 1. The van der Waals surface area contributed by atoms with Crippen LogP contribution in [0.25, 0.3) is 0 Å². The van der Waals surface area contributed by atoms with Crippen molar-refractivity contribution in [3.8, 4) is 11.5 Å². The number of ether oxygens (including phenoxy) is 2. The normalized spacial score (nSPS) is 14.1. The lowest BCUT2D eigenvalue weighted by molar-refractivity contribution is -0.384. The Kier molecular flexibility index (Phi) is 8.11. The summed E-state index contributed by atoms with van der Waals surface area (Å²) >= 11 is 0. The molecule has 7 heteroatoms. The number of non-ortho nitro benzene ring substituents is 1. The number of hydrogen-bond acceptors (Lipinski definition) is 6. The van der Waals surface area contributed by atoms with Crippen LogP contribution in [0.4, 0.5) is 11.4 Å². The summed E-state index contributed by atoms with van der Waals surface area (Å²) in [5.41, 5.74) is 5.79. The quantitative estimate of drug-likeness (QED) is 0.161. The molecule has 0 atom stereocenters. The highest BCUT2D eigenvalue weighted by molar-refractivity contribution is 5.84. The maximum atomic E-state index is 10.7. The summed E-state index contributed by atoms with van der Waals surface area (Å²) in [6.07, 6.45) is 8.27. The monoisotopic (exact) mass is 459 g/mol. The number of hydrogen-bond donors (Lipinski definition) is 1. The van der Waals surface area contributed by atoms with E-state index in [9.17, 15) is 10.1 Å². The number of rotatable bonds is 10. The van der Waals surface area contributed by atoms with Crippen LogP contribution in [-0.2, 0) is 0 Å². The van der Waals surface area contributed by atoms with Crippen LogP contribution >= 0.6 is 0 Å². The van der Waals surface area contributed by atoms with Gasteiger partial charge in [-0.3, -0.25) is 15.5 Å². The van der Waals surface area contributed by atoms with Gasteiger partial charge in [-0.2, -0.15) is 5.10 Å². The molecular weight excluding hydrogens is 430 g/mol.